The van der Waals surface area contributed by atoms with Crippen molar-refractivity contribution in [3.05, 3.63) is 101 Å². The largest absolute Gasteiger partial charge is 0.505 e. The molecule has 4 aromatic rings. The predicted molar refractivity (Wildman–Crippen MR) is 145 cm³/mol. The van der Waals surface area contributed by atoms with Gasteiger partial charge < -0.3 is 28.3 Å². The van der Waals surface area contributed by atoms with Gasteiger partial charge in [0.2, 0.25) is 0 Å². The van der Waals surface area contributed by atoms with Crippen molar-refractivity contribution in [1.29, 1.82) is 0 Å². The summed E-state index contributed by atoms with van der Waals surface area (Å²) in [6, 6.07) is 11.5. The van der Waals surface area contributed by atoms with E-state index in [1.165, 1.54) is 11.2 Å². The average molecular weight is 528 g/mol. The molecule has 5 rings (SSSR count). The summed E-state index contributed by atoms with van der Waals surface area (Å²) in [6.45, 7) is 9.94. The van der Waals surface area contributed by atoms with Gasteiger partial charge in [0.05, 0.1) is 36.7 Å². The number of likely N-dealkylation sites (tertiary alicyclic amines) is 1. The minimum absolute atomic E-state index is 0.0287. The van der Waals surface area contributed by atoms with Crippen molar-refractivity contribution in [1.82, 2.24) is 14.3 Å². The number of aliphatic hydroxyl groups is 1. The molecule has 0 aliphatic carbocycles. The van der Waals surface area contributed by atoms with Gasteiger partial charge in [-0.3, -0.25) is 9.59 Å². The van der Waals surface area contributed by atoms with Crippen LogP contribution in [-0.2, 0) is 16.1 Å². The van der Waals surface area contributed by atoms with Crippen LogP contribution >= 0.6 is 0 Å². The van der Waals surface area contributed by atoms with E-state index in [4.69, 9.17) is 13.9 Å². The van der Waals surface area contributed by atoms with Crippen LogP contribution in [0.4, 0.5) is 0 Å². The molecule has 0 saturated carbocycles. The number of hydrogen-bond donors (Lipinski definition) is 1. The van der Waals surface area contributed by atoms with Crippen LogP contribution in [0.1, 0.15) is 41.2 Å². The minimum Gasteiger partial charge on any atom is -0.505 e. The molecule has 4 heterocycles. The molecule has 1 unspecified atom stereocenters. The van der Waals surface area contributed by atoms with E-state index in [-0.39, 0.29) is 30.2 Å². The number of pyridine rings is 1. The van der Waals surface area contributed by atoms with E-state index < -0.39 is 17.7 Å². The molecule has 1 fully saturated rings. The molecule has 1 aliphatic rings. The maximum absolute atomic E-state index is 13.5. The second-order valence-electron chi connectivity index (χ2n) is 9.18. The Morgan fingerprint density at radius 2 is 1.97 bits per heavy atom. The molecule has 9 nitrogen and oxygen atoms in total. The monoisotopic (exact) mass is 527 g/mol. The number of fused-ring (bicyclic) bond motifs is 1. The zero-order valence-electron chi connectivity index (χ0n) is 22.0. The Balaban J connectivity index is 1.70. The maximum atomic E-state index is 13.5. The Morgan fingerprint density at radius 3 is 2.67 bits per heavy atom. The Labute approximate surface area is 225 Å². The van der Waals surface area contributed by atoms with Crippen LogP contribution in [0.2, 0.25) is 0 Å². The normalized spacial score (nSPS) is 16.7. The number of amides is 1. The molecule has 1 aromatic carbocycles. The third kappa shape index (κ3) is 4.56. The third-order valence-electron chi connectivity index (χ3n) is 6.69. The Bertz CT molecular complexity index is 1600. The molecule has 1 saturated heterocycles. The molecule has 1 aliphatic heterocycles. The fraction of sp³-hybridized carbons (Fsp3) is 0.233. The SMILES string of the molecule is C=CCOc1ccc(C2C(=C(O)c3nc4c(C)cccn4c3C)C(=O)C(=O)N2Cc2ccco2)cc1OCC. The van der Waals surface area contributed by atoms with Gasteiger partial charge in [0.1, 0.15) is 23.7 Å². The van der Waals surface area contributed by atoms with E-state index in [2.05, 4.69) is 11.6 Å². The van der Waals surface area contributed by atoms with Gasteiger partial charge in [-0.25, -0.2) is 4.98 Å². The number of nitrogens with zero attached hydrogens (tertiary/aromatic N) is 3. The lowest BCUT2D eigenvalue weighted by molar-refractivity contribution is -0.140. The quantitative estimate of drug-likeness (QED) is 0.139. The van der Waals surface area contributed by atoms with E-state index in [1.54, 1.807) is 43.3 Å². The van der Waals surface area contributed by atoms with Crippen molar-refractivity contribution in [2.75, 3.05) is 13.2 Å². The topological polar surface area (TPSA) is 107 Å². The molecular weight excluding hydrogens is 498 g/mol. The predicted octanol–water partition coefficient (Wildman–Crippen LogP) is 5.13. The number of rotatable bonds is 9. The molecule has 3 aromatic heterocycles. The summed E-state index contributed by atoms with van der Waals surface area (Å²) in [6.07, 6.45) is 4.97. The van der Waals surface area contributed by atoms with E-state index >= 15 is 0 Å². The lowest BCUT2D eigenvalue weighted by Crippen LogP contribution is -2.29. The number of aromatic nitrogens is 2. The summed E-state index contributed by atoms with van der Waals surface area (Å²) in [5.74, 6) is -0.457. The van der Waals surface area contributed by atoms with Crippen LogP contribution in [0.25, 0.3) is 11.4 Å². The van der Waals surface area contributed by atoms with Gasteiger partial charge in [-0.1, -0.05) is 24.8 Å². The van der Waals surface area contributed by atoms with Crippen molar-refractivity contribution in [3.8, 4) is 11.5 Å². The van der Waals surface area contributed by atoms with Gasteiger partial charge in [-0.2, -0.15) is 0 Å². The molecule has 39 heavy (non-hydrogen) atoms. The van der Waals surface area contributed by atoms with Crippen LogP contribution in [0.3, 0.4) is 0 Å². The van der Waals surface area contributed by atoms with E-state index in [1.807, 2.05) is 36.6 Å². The third-order valence-corrected chi connectivity index (χ3v) is 6.69. The Hall–Kier alpha value is -4.79. The fourth-order valence-electron chi connectivity index (χ4n) is 4.87. The highest BCUT2D eigenvalue weighted by molar-refractivity contribution is 6.46. The first kappa shape index (κ1) is 25.8. The highest BCUT2D eigenvalue weighted by Gasteiger charge is 2.47. The number of carbonyl (C=O) groups is 2. The zero-order chi connectivity index (χ0) is 27.7. The fourth-order valence-corrected chi connectivity index (χ4v) is 4.87. The number of aryl methyl sites for hydroxylation is 2. The number of carbonyl (C=O) groups excluding carboxylic acids is 2. The van der Waals surface area contributed by atoms with E-state index in [0.29, 0.717) is 40.8 Å². The number of hydrogen-bond acceptors (Lipinski definition) is 7. The highest BCUT2D eigenvalue weighted by Crippen LogP contribution is 2.43. The summed E-state index contributed by atoms with van der Waals surface area (Å²) in [7, 11) is 0. The maximum Gasteiger partial charge on any atom is 0.296 e. The van der Waals surface area contributed by atoms with Crippen LogP contribution in [0.15, 0.2) is 77.6 Å². The second-order valence-corrected chi connectivity index (χ2v) is 9.18. The molecule has 0 spiro atoms. The first-order valence-corrected chi connectivity index (χ1v) is 12.6. The number of ether oxygens (including phenoxy) is 2. The van der Waals surface area contributed by atoms with Gasteiger partial charge in [-0.15, -0.1) is 0 Å². The number of imidazole rings is 1. The summed E-state index contributed by atoms with van der Waals surface area (Å²) in [5.41, 5.74) is 2.95. The van der Waals surface area contributed by atoms with Crippen LogP contribution in [0, 0.1) is 13.8 Å². The van der Waals surface area contributed by atoms with Gasteiger partial charge in [-0.05, 0) is 62.2 Å². The second kappa shape index (κ2) is 10.5. The number of furan rings is 1. The summed E-state index contributed by atoms with van der Waals surface area (Å²) in [4.78, 5) is 32.9. The molecule has 9 heteroatoms. The molecule has 1 amide bonds. The molecular formula is C30H29N3O6. The van der Waals surface area contributed by atoms with Crippen molar-refractivity contribution in [3.63, 3.8) is 0 Å². The number of aliphatic hydroxyl groups excluding tert-OH is 1. The molecule has 200 valence electrons. The molecule has 1 atom stereocenters. The number of benzene rings is 1. The van der Waals surface area contributed by atoms with Crippen LogP contribution < -0.4 is 9.47 Å². The highest BCUT2D eigenvalue weighted by atomic mass is 16.5. The van der Waals surface area contributed by atoms with Crippen molar-refractivity contribution < 1.29 is 28.6 Å². The average Bonchev–Trinajstić information content (AvgIpc) is 3.63. The molecule has 1 N–H and O–H groups in total. The van der Waals surface area contributed by atoms with E-state index in [0.717, 1.165) is 5.56 Å². The van der Waals surface area contributed by atoms with Crippen LogP contribution in [-0.4, -0.2) is 44.3 Å². The summed E-state index contributed by atoms with van der Waals surface area (Å²) < 4.78 is 18.9. The van der Waals surface area contributed by atoms with Crippen molar-refractivity contribution >= 4 is 23.1 Å². The van der Waals surface area contributed by atoms with Gasteiger partial charge in [0.15, 0.2) is 17.3 Å². The van der Waals surface area contributed by atoms with Gasteiger partial charge in [0.25, 0.3) is 11.7 Å². The summed E-state index contributed by atoms with van der Waals surface area (Å²) in [5, 5.41) is 11.6. The number of ketones is 1. The minimum atomic E-state index is -0.923. The van der Waals surface area contributed by atoms with Gasteiger partial charge >= 0.3 is 0 Å². The first-order valence-electron chi connectivity index (χ1n) is 12.6. The number of Topliss-reactive ketones (excluding diaryl/α,β-unsaturated/α-hetero) is 1. The van der Waals surface area contributed by atoms with Crippen molar-refractivity contribution in [2.45, 2.75) is 33.4 Å². The van der Waals surface area contributed by atoms with Crippen LogP contribution in [0.5, 0.6) is 11.5 Å². The first-order chi connectivity index (χ1) is 18.8. The lowest BCUT2D eigenvalue weighted by atomic mass is 9.96. The smallest absolute Gasteiger partial charge is 0.296 e. The zero-order valence-corrected chi connectivity index (χ0v) is 22.0. The molecule has 0 bridgehead atoms. The van der Waals surface area contributed by atoms with Crippen molar-refractivity contribution in [2.24, 2.45) is 0 Å². The standard InChI is InChI=1S/C30H29N3O6/c1-5-14-39-22-12-11-20(16-23(22)37-6-2)26-24(28(35)30(36)33(26)17-21-10-8-15-38-21)27(34)25-19(4)32-13-7-9-18(3)29(32)31-25/h5,7-13,15-16,26,34H,1,6,14,17H2,2-4H3. The Kier molecular flexibility index (Phi) is 6.98. The Morgan fingerprint density at radius 1 is 1.15 bits per heavy atom. The summed E-state index contributed by atoms with van der Waals surface area (Å²) >= 11 is 0. The molecule has 0 radical (unpaired) electrons. The lowest BCUT2D eigenvalue weighted by Gasteiger charge is -2.25. The van der Waals surface area contributed by atoms with E-state index in [9.17, 15) is 14.7 Å². The van der Waals surface area contributed by atoms with Gasteiger partial charge in [0, 0.05) is 6.20 Å².